The number of anilines is 1. The van der Waals surface area contributed by atoms with Gasteiger partial charge in [0.2, 0.25) is 0 Å². The molecule has 0 saturated carbocycles. The third kappa shape index (κ3) is 2.73. The van der Waals surface area contributed by atoms with Gasteiger partial charge in [-0.1, -0.05) is 0 Å². The summed E-state index contributed by atoms with van der Waals surface area (Å²) in [5, 5.41) is 13.9. The molecular formula is C14H12N2O3S. The predicted molar refractivity (Wildman–Crippen MR) is 76.5 cm³/mol. The maximum atomic E-state index is 12.1. The van der Waals surface area contributed by atoms with Gasteiger partial charge in [-0.05, 0) is 29.6 Å². The van der Waals surface area contributed by atoms with E-state index in [0.29, 0.717) is 27.6 Å². The van der Waals surface area contributed by atoms with Crippen LogP contribution < -0.4 is 14.8 Å². The highest BCUT2D eigenvalue weighted by Gasteiger charge is 2.13. The SMILES string of the molecule is COc1ccc(C(=O)Nc2sccc2C#N)cc1OC. The Morgan fingerprint density at radius 1 is 1.25 bits per heavy atom. The topological polar surface area (TPSA) is 71.3 Å². The molecule has 1 amide bonds. The molecule has 1 heterocycles. The van der Waals surface area contributed by atoms with Crippen LogP contribution in [0.4, 0.5) is 5.00 Å². The Labute approximate surface area is 120 Å². The van der Waals surface area contributed by atoms with Crippen molar-refractivity contribution in [3.63, 3.8) is 0 Å². The van der Waals surface area contributed by atoms with E-state index in [2.05, 4.69) is 5.32 Å². The van der Waals surface area contributed by atoms with Gasteiger partial charge < -0.3 is 14.8 Å². The van der Waals surface area contributed by atoms with Gasteiger partial charge in [0.05, 0.1) is 19.8 Å². The second-order valence-corrected chi connectivity index (χ2v) is 4.72. The van der Waals surface area contributed by atoms with Crippen molar-refractivity contribution in [3.8, 4) is 17.6 Å². The van der Waals surface area contributed by atoms with Gasteiger partial charge in [0.1, 0.15) is 11.1 Å². The zero-order chi connectivity index (χ0) is 14.5. The van der Waals surface area contributed by atoms with Crippen LogP contribution in [0.25, 0.3) is 0 Å². The molecule has 0 fully saturated rings. The molecule has 1 N–H and O–H groups in total. The van der Waals surface area contributed by atoms with Gasteiger partial charge in [-0.2, -0.15) is 5.26 Å². The molecule has 0 saturated heterocycles. The first kappa shape index (κ1) is 13.9. The predicted octanol–water partition coefficient (Wildman–Crippen LogP) is 2.89. The fraction of sp³-hybridized carbons (Fsp3) is 0.143. The molecule has 5 nitrogen and oxygen atoms in total. The minimum atomic E-state index is -0.301. The van der Waals surface area contributed by atoms with Crippen LogP contribution in [0.15, 0.2) is 29.6 Å². The van der Waals surface area contributed by atoms with Gasteiger partial charge in [0.25, 0.3) is 5.91 Å². The van der Waals surface area contributed by atoms with Gasteiger partial charge in [0, 0.05) is 5.56 Å². The molecule has 0 aliphatic rings. The summed E-state index contributed by atoms with van der Waals surface area (Å²) >= 11 is 1.30. The zero-order valence-electron chi connectivity index (χ0n) is 11.0. The number of nitrogens with zero attached hydrogens (tertiary/aromatic N) is 1. The third-order valence-electron chi connectivity index (χ3n) is 2.66. The van der Waals surface area contributed by atoms with Crippen molar-refractivity contribution in [1.82, 2.24) is 0 Å². The fourth-order valence-electron chi connectivity index (χ4n) is 1.65. The Balaban J connectivity index is 2.24. The van der Waals surface area contributed by atoms with Crippen LogP contribution >= 0.6 is 11.3 Å². The molecule has 2 rings (SSSR count). The maximum absolute atomic E-state index is 12.1. The van der Waals surface area contributed by atoms with Crippen molar-refractivity contribution in [3.05, 3.63) is 40.8 Å². The van der Waals surface area contributed by atoms with Crippen LogP contribution in [-0.2, 0) is 0 Å². The van der Waals surface area contributed by atoms with Gasteiger partial charge >= 0.3 is 0 Å². The number of ether oxygens (including phenoxy) is 2. The summed E-state index contributed by atoms with van der Waals surface area (Å²) in [6.45, 7) is 0. The molecule has 0 aliphatic heterocycles. The summed E-state index contributed by atoms with van der Waals surface area (Å²) in [5.41, 5.74) is 0.878. The standard InChI is InChI=1S/C14H12N2O3S/c1-18-11-4-3-9(7-12(11)19-2)13(17)16-14-10(8-15)5-6-20-14/h3-7H,1-2H3,(H,16,17). The van der Waals surface area contributed by atoms with Crippen LogP contribution in [0.2, 0.25) is 0 Å². The quantitative estimate of drug-likeness (QED) is 0.939. The Morgan fingerprint density at radius 2 is 2.00 bits per heavy atom. The van der Waals surface area contributed by atoms with Gasteiger partial charge in [-0.25, -0.2) is 0 Å². The molecule has 102 valence electrons. The van der Waals surface area contributed by atoms with E-state index >= 15 is 0 Å². The van der Waals surface area contributed by atoms with Crippen molar-refractivity contribution in [2.24, 2.45) is 0 Å². The number of nitrogens with one attached hydrogen (secondary N) is 1. The van der Waals surface area contributed by atoms with Gasteiger partial charge in [-0.3, -0.25) is 4.79 Å². The lowest BCUT2D eigenvalue weighted by Crippen LogP contribution is -2.11. The highest BCUT2D eigenvalue weighted by Crippen LogP contribution is 2.28. The number of rotatable bonds is 4. The summed E-state index contributed by atoms with van der Waals surface area (Å²) in [7, 11) is 3.04. The van der Waals surface area contributed by atoms with E-state index in [1.165, 1.54) is 25.6 Å². The van der Waals surface area contributed by atoms with E-state index < -0.39 is 0 Å². The minimum Gasteiger partial charge on any atom is -0.493 e. The Bertz CT molecular complexity index is 673. The van der Waals surface area contributed by atoms with E-state index in [-0.39, 0.29) is 5.91 Å². The Hall–Kier alpha value is -2.52. The number of thiophene rings is 1. The van der Waals surface area contributed by atoms with E-state index in [1.807, 2.05) is 6.07 Å². The average molecular weight is 288 g/mol. The van der Waals surface area contributed by atoms with Crippen LogP contribution in [0.3, 0.4) is 0 Å². The largest absolute Gasteiger partial charge is 0.493 e. The highest BCUT2D eigenvalue weighted by molar-refractivity contribution is 7.14. The normalized spacial score (nSPS) is 9.65. The van der Waals surface area contributed by atoms with E-state index in [0.717, 1.165) is 0 Å². The monoisotopic (exact) mass is 288 g/mol. The summed E-state index contributed by atoms with van der Waals surface area (Å²) in [6.07, 6.45) is 0. The third-order valence-corrected chi connectivity index (χ3v) is 3.49. The summed E-state index contributed by atoms with van der Waals surface area (Å²) in [5.74, 6) is 0.731. The number of methoxy groups -OCH3 is 2. The number of benzene rings is 1. The molecule has 0 atom stereocenters. The van der Waals surface area contributed by atoms with E-state index in [4.69, 9.17) is 14.7 Å². The molecule has 0 aliphatic carbocycles. The number of amides is 1. The molecule has 0 radical (unpaired) electrons. The average Bonchev–Trinajstić information content (AvgIpc) is 2.93. The first-order valence-corrected chi connectivity index (χ1v) is 6.58. The van der Waals surface area contributed by atoms with E-state index in [1.54, 1.807) is 29.6 Å². The lowest BCUT2D eigenvalue weighted by atomic mass is 10.2. The minimum absolute atomic E-state index is 0.301. The molecular weight excluding hydrogens is 276 g/mol. The molecule has 1 aromatic carbocycles. The van der Waals surface area contributed by atoms with Gasteiger partial charge in [0.15, 0.2) is 11.5 Å². The van der Waals surface area contributed by atoms with Crippen LogP contribution in [0, 0.1) is 11.3 Å². The number of nitriles is 1. The maximum Gasteiger partial charge on any atom is 0.256 e. The highest BCUT2D eigenvalue weighted by atomic mass is 32.1. The number of carbonyl (C=O) groups is 1. The molecule has 1 aromatic heterocycles. The molecule has 0 unspecified atom stereocenters. The van der Waals surface area contributed by atoms with E-state index in [9.17, 15) is 4.79 Å². The second kappa shape index (κ2) is 6.08. The van der Waals surface area contributed by atoms with Crippen molar-refractivity contribution in [2.75, 3.05) is 19.5 Å². The number of hydrogen-bond donors (Lipinski definition) is 1. The molecule has 20 heavy (non-hydrogen) atoms. The Morgan fingerprint density at radius 3 is 2.65 bits per heavy atom. The smallest absolute Gasteiger partial charge is 0.256 e. The van der Waals surface area contributed by atoms with Crippen molar-refractivity contribution < 1.29 is 14.3 Å². The van der Waals surface area contributed by atoms with Crippen molar-refractivity contribution in [2.45, 2.75) is 0 Å². The van der Waals surface area contributed by atoms with Crippen molar-refractivity contribution in [1.29, 1.82) is 5.26 Å². The Kier molecular flexibility index (Phi) is 4.23. The summed E-state index contributed by atoms with van der Waals surface area (Å²) in [4.78, 5) is 12.1. The van der Waals surface area contributed by atoms with Gasteiger partial charge in [-0.15, -0.1) is 11.3 Å². The molecule has 2 aromatic rings. The lowest BCUT2D eigenvalue weighted by molar-refractivity contribution is 0.102. The summed E-state index contributed by atoms with van der Waals surface area (Å²) < 4.78 is 10.3. The molecule has 6 heteroatoms. The number of hydrogen-bond acceptors (Lipinski definition) is 5. The van der Waals surface area contributed by atoms with Crippen LogP contribution in [0.5, 0.6) is 11.5 Å². The van der Waals surface area contributed by atoms with Crippen LogP contribution in [0.1, 0.15) is 15.9 Å². The zero-order valence-corrected chi connectivity index (χ0v) is 11.8. The number of carbonyl (C=O) groups excluding carboxylic acids is 1. The van der Waals surface area contributed by atoms with Crippen molar-refractivity contribution >= 4 is 22.2 Å². The molecule has 0 spiro atoms. The first-order valence-electron chi connectivity index (χ1n) is 5.70. The molecule has 0 bridgehead atoms. The second-order valence-electron chi connectivity index (χ2n) is 3.80. The first-order chi connectivity index (χ1) is 9.69. The fourth-order valence-corrected chi connectivity index (χ4v) is 2.38. The lowest BCUT2D eigenvalue weighted by Gasteiger charge is -2.09. The summed E-state index contributed by atoms with van der Waals surface area (Å²) in [6, 6.07) is 8.57. The van der Waals surface area contributed by atoms with Crippen LogP contribution in [-0.4, -0.2) is 20.1 Å².